The lowest BCUT2D eigenvalue weighted by Crippen LogP contribution is -2.11. The fourth-order valence-corrected chi connectivity index (χ4v) is 3.26. The summed E-state index contributed by atoms with van der Waals surface area (Å²) >= 11 is 5.12. The van der Waals surface area contributed by atoms with Gasteiger partial charge >= 0.3 is 0 Å². The predicted octanol–water partition coefficient (Wildman–Crippen LogP) is 4.11. The van der Waals surface area contributed by atoms with Crippen molar-refractivity contribution in [3.8, 4) is 0 Å². The number of fused-ring (bicyclic) bond motifs is 1. The molecule has 0 radical (unpaired) electrons. The molecule has 0 amide bonds. The molecule has 3 aromatic rings. The fourth-order valence-electron chi connectivity index (χ4n) is 2.04. The van der Waals surface area contributed by atoms with Gasteiger partial charge in [-0.1, -0.05) is 24.3 Å². The highest BCUT2D eigenvalue weighted by Gasteiger charge is 2.14. The van der Waals surface area contributed by atoms with Crippen LogP contribution in [0.25, 0.3) is 10.9 Å². The van der Waals surface area contributed by atoms with E-state index in [-0.39, 0.29) is 6.04 Å². The van der Waals surface area contributed by atoms with Crippen molar-refractivity contribution in [1.82, 2.24) is 4.98 Å². The first-order chi connectivity index (χ1) is 8.75. The van der Waals surface area contributed by atoms with Crippen LogP contribution in [0.5, 0.6) is 0 Å². The lowest BCUT2D eigenvalue weighted by atomic mass is 9.99. The van der Waals surface area contributed by atoms with E-state index in [1.54, 1.807) is 11.3 Å². The third kappa shape index (κ3) is 2.07. The Kier molecular flexibility index (Phi) is 3.16. The average molecular weight is 319 g/mol. The Morgan fingerprint density at radius 3 is 2.83 bits per heavy atom. The monoisotopic (exact) mass is 318 g/mol. The van der Waals surface area contributed by atoms with E-state index in [1.165, 1.54) is 0 Å². The Labute approximate surface area is 118 Å². The molecule has 1 unspecified atom stereocenters. The number of pyridine rings is 1. The van der Waals surface area contributed by atoms with E-state index in [9.17, 15) is 0 Å². The molecule has 2 aromatic heterocycles. The summed E-state index contributed by atoms with van der Waals surface area (Å²) in [5.74, 6) is 0. The van der Waals surface area contributed by atoms with Gasteiger partial charge in [0, 0.05) is 11.6 Å². The molecular weight excluding hydrogens is 308 g/mol. The summed E-state index contributed by atoms with van der Waals surface area (Å²) in [7, 11) is 0. The van der Waals surface area contributed by atoms with E-state index in [0.29, 0.717) is 0 Å². The summed E-state index contributed by atoms with van der Waals surface area (Å²) in [6.45, 7) is 0. The number of thiophene rings is 1. The van der Waals surface area contributed by atoms with Crippen molar-refractivity contribution in [2.75, 3.05) is 0 Å². The smallest absolute Gasteiger partial charge is 0.0753 e. The van der Waals surface area contributed by atoms with E-state index in [2.05, 4.69) is 44.5 Å². The van der Waals surface area contributed by atoms with Gasteiger partial charge in [0.2, 0.25) is 0 Å². The van der Waals surface area contributed by atoms with Gasteiger partial charge in [0.1, 0.15) is 0 Å². The molecule has 0 saturated carbocycles. The minimum Gasteiger partial charge on any atom is -0.320 e. The normalized spacial score (nSPS) is 12.8. The molecule has 4 heteroatoms. The second-order valence-electron chi connectivity index (χ2n) is 4.08. The summed E-state index contributed by atoms with van der Waals surface area (Å²) in [5.41, 5.74) is 9.51. The van der Waals surface area contributed by atoms with Crippen LogP contribution in [0.3, 0.4) is 0 Å². The zero-order chi connectivity index (χ0) is 12.5. The van der Waals surface area contributed by atoms with E-state index in [1.807, 2.05) is 24.4 Å². The molecule has 1 atom stereocenters. The second-order valence-corrected chi connectivity index (χ2v) is 6.37. The van der Waals surface area contributed by atoms with Crippen LogP contribution in [-0.2, 0) is 0 Å². The maximum Gasteiger partial charge on any atom is 0.0753 e. The Morgan fingerprint density at radius 1 is 1.22 bits per heavy atom. The first kappa shape index (κ1) is 11.8. The molecule has 90 valence electrons. The van der Waals surface area contributed by atoms with Crippen molar-refractivity contribution in [3.05, 3.63) is 62.9 Å². The molecule has 0 spiro atoms. The summed E-state index contributed by atoms with van der Waals surface area (Å²) in [6, 6.07) is 12.1. The maximum absolute atomic E-state index is 6.34. The Bertz CT molecular complexity index is 688. The minimum absolute atomic E-state index is 0.133. The van der Waals surface area contributed by atoms with E-state index < -0.39 is 0 Å². The zero-order valence-electron chi connectivity index (χ0n) is 9.51. The Morgan fingerprint density at radius 2 is 2.06 bits per heavy atom. The standard InChI is InChI=1S/C14H11BrN2S/c15-12-7-10(8-18-12)13(16)11-5-1-3-9-4-2-6-17-14(9)11/h1-8,13H,16H2. The van der Waals surface area contributed by atoms with E-state index in [4.69, 9.17) is 5.73 Å². The van der Waals surface area contributed by atoms with Crippen molar-refractivity contribution < 1.29 is 0 Å². The van der Waals surface area contributed by atoms with Gasteiger partial charge < -0.3 is 5.73 Å². The number of nitrogens with zero attached hydrogens (tertiary/aromatic N) is 1. The molecule has 2 nitrogen and oxygen atoms in total. The maximum atomic E-state index is 6.34. The van der Waals surface area contributed by atoms with Crippen LogP contribution in [0.1, 0.15) is 17.2 Å². The highest BCUT2D eigenvalue weighted by atomic mass is 79.9. The Hall–Kier alpha value is -1.23. The van der Waals surface area contributed by atoms with Crippen molar-refractivity contribution in [1.29, 1.82) is 0 Å². The molecule has 0 aliphatic rings. The van der Waals surface area contributed by atoms with Crippen molar-refractivity contribution in [3.63, 3.8) is 0 Å². The number of nitrogens with two attached hydrogens (primary N) is 1. The van der Waals surface area contributed by atoms with Crippen molar-refractivity contribution >= 4 is 38.2 Å². The number of halogens is 1. The number of hydrogen-bond donors (Lipinski definition) is 1. The number of para-hydroxylation sites is 1. The summed E-state index contributed by atoms with van der Waals surface area (Å²) in [5, 5.41) is 3.20. The topological polar surface area (TPSA) is 38.9 Å². The molecule has 0 aliphatic heterocycles. The molecular formula is C14H11BrN2S. The molecule has 3 rings (SSSR count). The van der Waals surface area contributed by atoms with Gasteiger partial charge in [0.05, 0.1) is 15.3 Å². The SMILES string of the molecule is NC(c1csc(Br)c1)c1cccc2cccnc12. The van der Waals surface area contributed by atoms with Gasteiger partial charge in [-0.2, -0.15) is 0 Å². The second kappa shape index (κ2) is 4.80. The van der Waals surface area contributed by atoms with Crippen LogP contribution in [-0.4, -0.2) is 4.98 Å². The fraction of sp³-hybridized carbons (Fsp3) is 0.0714. The van der Waals surface area contributed by atoms with Gasteiger partial charge in [-0.25, -0.2) is 0 Å². The van der Waals surface area contributed by atoms with Gasteiger partial charge in [-0.15, -0.1) is 11.3 Å². The van der Waals surface area contributed by atoms with Crippen LogP contribution >= 0.6 is 27.3 Å². The molecule has 18 heavy (non-hydrogen) atoms. The summed E-state index contributed by atoms with van der Waals surface area (Å²) in [6.07, 6.45) is 1.81. The number of benzene rings is 1. The molecule has 0 fully saturated rings. The molecule has 2 N–H and O–H groups in total. The molecule has 2 heterocycles. The lowest BCUT2D eigenvalue weighted by Gasteiger charge is -2.12. The van der Waals surface area contributed by atoms with Gasteiger partial charge in [0.15, 0.2) is 0 Å². The predicted molar refractivity (Wildman–Crippen MR) is 79.8 cm³/mol. The van der Waals surface area contributed by atoms with Crippen LogP contribution in [0, 0.1) is 0 Å². The average Bonchev–Trinajstić information content (AvgIpc) is 2.84. The third-order valence-corrected chi connectivity index (χ3v) is 4.47. The number of hydrogen-bond acceptors (Lipinski definition) is 3. The van der Waals surface area contributed by atoms with Crippen molar-refractivity contribution in [2.24, 2.45) is 5.73 Å². The van der Waals surface area contributed by atoms with Crippen LogP contribution < -0.4 is 5.73 Å². The lowest BCUT2D eigenvalue weighted by molar-refractivity contribution is 0.882. The van der Waals surface area contributed by atoms with Gasteiger partial charge in [-0.3, -0.25) is 4.98 Å². The quantitative estimate of drug-likeness (QED) is 0.772. The van der Waals surface area contributed by atoms with E-state index in [0.717, 1.165) is 25.8 Å². The summed E-state index contributed by atoms with van der Waals surface area (Å²) in [4.78, 5) is 4.45. The van der Waals surface area contributed by atoms with Gasteiger partial charge in [-0.05, 0) is 44.6 Å². The van der Waals surface area contributed by atoms with E-state index >= 15 is 0 Å². The number of rotatable bonds is 2. The summed E-state index contributed by atoms with van der Waals surface area (Å²) < 4.78 is 1.10. The van der Waals surface area contributed by atoms with Crippen LogP contribution in [0.2, 0.25) is 0 Å². The third-order valence-electron chi connectivity index (χ3n) is 2.95. The largest absolute Gasteiger partial charge is 0.320 e. The van der Waals surface area contributed by atoms with Crippen LogP contribution in [0.4, 0.5) is 0 Å². The first-order valence-electron chi connectivity index (χ1n) is 5.59. The molecule has 0 saturated heterocycles. The molecule has 1 aromatic carbocycles. The first-order valence-corrected chi connectivity index (χ1v) is 7.26. The number of aromatic nitrogens is 1. The zero-order valence-corrected chi connectivity index (χ0v) is 11.9. The Balaban J connectivity index is 2.14. The van der Waals surface area contributed by atoms with Crippen molar-refractivity contribution in [2.45, 2.75) is 6.04 Å². The molecule has 0 bridgehead atoms. The highest BCUT2D eigenvalue weighted by molar-refractivity contribution is 9.11. The van der Waals surface area contributed by atoms with Gasteiger partial charge in [0.25, 0.3) is 0 Å². The van der Waals surface area contributed by atoms with Crippen LogP contribution in [0.15, 0.2) is 51.8 Å². The minimum atomic E-state index is -0.133. The molecule has 0 aliphatic carbocycles. The highest BCUT2D eigenvalue weighted by Crippen LogP contribution is 2.30.